The summed E-state index contributed by atoms with van der Waals surface area (Å²) in [4.78, 5) is 23.6. The highest BCUT2D eigenvalue weighted by molar-refractivity contribution is 6.31. The molecule has 1 amide bonds. The van der Waals surface area contributed by atoms with Crippen molar-refractivity contribution in [2.24, 2.45) is 0 Å². The van der Waals surface area contributed by atoms with Crippen LogP contribution in [0.2, 0.25) is 5.02 Å². The minimum absolute atomic E-state index is 0.218. The van der Waals surface area contributed by atoms with Crippen LogP contribution in [0.1, 0.15) is 21.5 Å². The van der Waals surface area contributed by atoms with Crippen LogP contribution in [0.3, 0.4) is 0 Å². The number of hydrogen-bond donors (Lipinski definition) is 1. The van der Waals surface area contributed by atoms with E-state index in [0.29, 0.717) is 16.3 Å². The Kier molecular flexibility index (Phi) is 5.34. The van der Waals surface area contributed by atoms with E-state index in [0.717, 1.165) is 5.56 Å². The molecule has 0 unspecified atom stereocenters. The first kappa shape index (κ1) is 16.5. The molecule has 116 valence electrons. The number of ether oxygens (including phenoxy) is 1. The fraction of sp³-hybridized carbons (Fsp3) is 0.118. The lowest BCUT2D eigenvalue weighted by Crippen LogP contribution is -2.21. The lowest BCUT2D eigenvalue weighted by atomic mass is 10.1. The van der Waals surface area contributed by atoms with Crippen LogP contribution in [0, 0.1) is 18.3 Å². The monoisotopic (exact) mass is 328 g/mol. The fourth-order valence-electron chi connectivity index (χ4n) is 1.80. The summed E-state index contributed by atoms with van der Waals surface area (Å²) >= 11 is 5.97. The normalized spacial score (nSPS) is 9.78. The lowest BCUT2D eigenvalue weighted by molar-refractivity contribution is -0.119. The molecule has 0 spiro atoms. The van der Waals surface area contributed by atoms with Crippen molar-refractivity contribution in [1.82, 2.24) is 0 Å². The number of aryl methyl sites for hydroxylation is 1. The Hall–Kier alpha value is -2.84. The average molecular weight is 329 g/mol. The Balaban J connectivity index is 1.92. The second kappa shape index (κ2) is 7.43. The predicted molar refractivity (Wildman–Crippen MR) is 86.3 cm³/mol. The third kappa shape index (κ3) is 4.56. The van der Waals surface area contributed by atoms with Gasteiger partial charge in [0.2, 0.25) is 0 Å². The first-order valence-electron chi connectivity index (χ1n) is 6.73. The minimum Gasteiger partial charge on any atom is -0.452 e. The molecule has 0 saturated carbocycles. The second-order valence-corrected chi connectivity index (χ2v) is 5.19. The van der Waals surface area contributed by atoms with Gasteiger partial charge in [0, 0.05) is 10.7 Å². The summed E-state index contributed by atoms with van der Waals surface area (Å²) < 4.78 is 4.92. The van der Waals surface area contributed by atoms with Crippen molar-refractivity contribution in [1.29, 1.82) is 5.26 Å². The number of nitrogens with zero attached hydrogens (tertiary/aromatic N) is 1. The molecule has 0 fully saturated rings. The summed E-state index contributed by atoms with van der Waals surface area (Å²) in [7, 11) is 0. The molecule has 0 bridgehead atoms. The van der Waals surface area contributed by atoms with E-state index in [4.69, 9.17) is 21.6 Å². The third-order valence-corrected chi connectivity index (χ3v) is 3.42. The number of halogens is 1. The van der Waals surface area contributed by atoms with Crippen molar-refractivity contribution >= 4 is 29.2 Å². The number of hydrogen-bond acceptors (Lipinski definition) is 4. The summed E-state index contributed by atoms with van der Waals surface area (Å²) in [5, 5.41) is 11.9. The maximum atomic E-state index is 11.8. The molecule has 0 aliphatic carbocycles. The topological polar surface area (TPSA) is 79.2 Å². The van der Waals surface area contributed by atoms with E-state index in [1.54, 1.807) is 30.3 Å². The Morgan fingerprint density at radius 3 is 2.74 bits per heavy atom. The standard InChI is InChI=1S/C17H13ClN2O3/c1-11-5-6-14(8-15(11)18)20-16(21)10-23-17(22)13-4-2-3-12(7-13)9-19/h2-8H,10H2,1H3,(H,20,21). The van der Waals surface area contributed by atoms with Gasteiger partial charge in [0.05, 0.1) is 17.2 Å². The highest BCUT2D eigenvalue weighted by Gasteiger charge is 2.11. The van der Waals surface area contributed by atoms with Crippen LogP contribution in [0.15, 0.2) is 42.5 Å². The summed E-state index contributed by atoms with van der Waals surface area (Å²) in [6.45, 7) is 1.42. The smallest absolute Gasteiger partial charge is 0.338 e. The third-order valence-electron chi connectivity index (χ3n) is 3.02. The van der Waals surface area contributed by atoms with E-state index >= 15 is 0 Å². The lowest BCUT2D eigenvalue weighted by Gasteiger charge is -2.08. The minimum atomic E-state index is -0.667. The molecule has 6 heteroatoms. The van der Waals surface area contributed by atoms with Crippen LogP contribution in [0.5, 0.6) is 0 Å². The second-order valence-electron chi connectivity index (χ2n) is 4.78. The number of carbonyl (C=O) groups is 2. The first-order valence-corrected chi connectivity index (χ1v) is 7.10. The van der Waals surface area contributed by atoms with Gasteiger partial charge in [-0.15, -0.1) is 0 Å². The maximum Gasteiger partial charge on any atom is 0.338 e. The molecule has 0 atom stereocenters. The van der Waals surface area contributed by atoms with Crippen LogP contribution in [0.25, 0.3) is 0 Å². The zero-order chi connectivity index (χ0) is 16.8. The molecule has 0 heterocycles. The van der Waals surface area contributed by atoms with E-state index in [1.807, 2.05) is 13.0 Å². The number of anilines is 1. The van der Waals surface area contributed by atoms with E-state index in [2.05, 4.69) is 5.32 Å². The molecule has 2 rings (SSSR count). The number of esters is 1. The van der Waals surface area contributed by atoms with Crippen molar-refractivity contribution < 1.29 is 14.3 Å². The van der Waals surface area contributed by atoms with Gasteiger partial charge in [-0.1, -0.05) is 23.7 Å². The number of rotatable bonds is 4. The van der Waals surface area contributed by atoms with Gasteiger partial charge in [-0.3, -0.25) is 4.79 Å². The number of nitriles is 1. The summed E-state index contributed by atoms with van der Waals surface area (Å²) in [5.74, 6) is -1.14. The molecule has 5 nitrogen and oxygen atoms in total. The number of nitrogens with one attached hydrogen (secondary N) is 1. The summed E-state index contributed by atoms with van der Waals surface area (Å²) in [5.41, 5.74) is 1.98. The Morgan fingerprint density at radius 1 is 1.26 bits per heavy atom. The van der Waals surface area contributed by atoms with Crippen LogP contribution in [0.4, 0.5) is 5.69 Å². The molecule has 0 saturated heterocycles. The number of benzene rings is 2. The maximum absolute atomic E-state index is 11.8. The van der Waals surface area contributed by atoms with Crippen molar-refractivity contribution in [2.45, 2.75) is 6.92 Å². The van der Waals surface area contributed by atoms with Crippen LogP contribution >= 0.6 is 11.6 Å². The van der Waals surface area contributed by atoms with Crippen LogP contribution in [-0.4, -0.2) is 18.5 Å². The fourth-order valence-corrected chi connectivity index (χ4v) is 1.98. The molecule has 2 aromatic carbocycles. The van der Waals surface area contributed by atoms with Gasteiger partial charge in [-0.25, -0.2) is 4.79 Å². The van der Waals surface area contributed by atoms with Gasteiger partial charge in [0.15, 0.2) is 6.61 Å². The molecular formula is C17H13ClN2O3. The van der Waals surface area contributed by atoms with Crippen molar-refractivity contribution in [2.75, 3.05) is 11.9 Å². The van der Waals surface area contributed by atoms with Gasteiger partial charge >= 0.3 is 5.97 Å². The van der Waals surface area contributed by atoms with Crippen molar-refractivity contribution in [3.05, 3.63) is 64.2 Å². The van der Waals surface area contributed by atoms with E-state index < -0.39 is 18.5 Å². The highest BCUT2D eigenvalue weighted by atomic mass is 35.5. The SMILES string of the molecule is Cc1ccc(NC(=O)COC(=O)c2cccc(C#N)c2)cc1Cl. The molecule has 1 N–H and O–H groups in total. The quantitative estimate of drug-likeness (QED) is 0.873. The van der Waals surface area contributed by atoms with Gasteiger partial charge < -0.3 is 10.1 Å². The summed E-state index contributed by atoms with van der Waals surface area (Å²) in [6, 6.07) is 13.1. The number of amides is 1. The van der Waals surface area contributed by atoms with Crippen molar-refractivity contribution in [3.63, 3.8) is 0 Å². The van der Waals surface area contributed by atoms with Gasteiger partial charge in [0.1, 0.15) is 0 Å². The zero-order valence-electron chi connectivity index (χ0n) is 12.3. The Bertz CT molecular complexity index is 797. The molecule has 2 aromatic rings. The number of carbonyl (C=O) groups excluding carboxylic acids is 2. The Labute approximate surface area is 138 Å². The predicted octanol–water partition coefficient (Wildman–Crippen LogP) is 3.32. The molecule has 0 aromatic heterocycles. The summed E-state index contributed by atoms with van der Waals surface area (Å²) in [6.07, 6.45) is 0. The molecule has 0 aliphatic heterocycles. The first-order chi connectivity index (χ1) is 11.0. The van der Waals surface area contributed by atoms with Gasteiger partial charge in [-0.05, 0) is 42.8 Å². The largest absolute Gasteiger partial charge is 0.452 e. The van der Waals surface area contributed by atoms with E-state index in [-0.39, 0.29) is 5.56 Å². The molecule has 0 radical (unpaired) electrons. The van der Waals surface area contributed by atoms with Gasteiger partial charge in [-0.2, -0.15) is 5.26 Å². The van der Waals surface area contributed by atoms with Crippen molar-refractivity contribution in [3.8, 4) is 6.07 Å². The van der Waals surface area contributed by atoms with Crippen LogP contribution in [-0.2, 0) is 9.53 Å². The van der Waals surface area contributed by atoms with E-state index in [9.17, 15) is 9.59 Å². The van der Waals surface area contributed by atoms with Crippen LogP contribution < -0.4 is 5.32 Å². The van der Waals surface area contributed by atoms with E-state index in [1.165, 1.54) is 12.1 Å². The molecular weight excluding hydrogens is 316 g/mol. The van der Waals surface area contributed by atoms with Gasteiger partial charge in [0.25, 0.3) is 5.91 Å². The highest BCUT2D eigenvalue weighted by Crippen LogP contribution is 2.19. The zero-order valence-corrected chi connectivity index (χ0v) is 13.1. The Morgan fingerprint density at radius 2 is 2.04 bits per heavy atom. The molecule has 0 aliphatic rings. The average Bonchev–Trinajstić information content (AvgIpc) is 2.56. The molecule has 23 heavy (non-hydrogen) atoms.